The summed E-state index contributed by atoms with van der Waals surface area (Å²) in [5.74, 6) is 1.04. The molecule has 20 heavy (non-hydrogen) atoms. The van der Waals surface area contributed by atoms with Crippen molar-refractivity contribution in [3.63, 3.8) is 0 Å². The van der Waals surface area contributed by atoms with Gasteiger partial charge >= 0.3 is 0 Å². The van der Waals surface area contributed by atoms with Gasteiger partial charge in [-0.3, -0.25) is 6.08 Å². The molecule has 1 nitrogen and oxygen atoms in total. The number of ether oxygens (including phenoxy) is 1. The Balaban J connectivity index is 0. The summed E-state index contributed by atoms with van der Waals surface area (Å²) in [4.78, 5) is 0. The molecule has 1 aromatic rings. The van der Waals surface area contributed by atoms with Gasteiger partial charge < -0.3 is 4.74 Å². The summed E-state index contributed by atoms with van der Waals surface area (Å²) < 4.78 is 5.75. The van der Waals surface area contributed by atoms with Crippen LogP contribution in [0.15, 0.2) is 41.6 Å². The van der Waals surface area contributed by atoms with Crippen LogP contribution in [0.5, 0.6) is 5.75 Å². The van der Waals surface area contributed by atoms with Gasteiger partial charge in [-0.05, 0) is 18.2 Å². The van der Waals surface area contributed by atoms with E-state index in [-0.39, 0.29) is 46.5 Å². The van der Waals surface area contributed by atoms with Gasteiger partial charge in [0.15, 0.2) is 0 Å². The molecule has 0 atom stereocenters. The molecule has 0 aliphatic heterocycles. The monoisotopic (exact) mass is 363 g/mol. The Hall–Kier alpha value is 0.0112. The van der Waals surface area contributed by atoms with Crippen molar-refractivity contribution in [1.82, 2.24) is 0 Å². The topological polar surface area (TPSA) is 9.23 Å². The van der Waals surface area contributed by atoms with E-state index in [1.807, 2.05) is 13.0 Å². The van der Waals surface area contributed by atoms with E-state index in [0.29, 0.717) is 0 Å². The molecular weight excluding hydrogens is 343 g/mol. The van der Waals surface area contributed by atoms with E-state index in [4.69, 9.17) is 4.74 Å². The van der Waals surface area contributed by atoms with E-state index < -0.39 is 8.07 Å². The molecule has 0 aromatic heterocycles. The molecule has 0 fully saturated rings. The quantitative estimate of drug-likeness (QED) is 0.578. The normalized spacial score (nSPS) is 12.7. The molecule has 1 aromatic carbocycles. The van der Waals surface area contributed by atoms with Gasteiger partial charge in [0, 0.05) is 21.7 Å². The third kappa shape index (κ3) is 4.78. The van der Waals surface area contributed by atoms with Crippen molar-refractivity contribution < 1.29 is 26.5 Å². The molecule has 0 radical (unpaired) electrons. The molecule has 0 amide bonds. The van der Waals surface area contributed by atoms with Crippen LogP contribution in [0, 0.1) is 6.08 Å². The van der Waals surface area contributed by atoms with Gasteiger partial charge in [-0.1, -0.05) is 31.3 Å². The minimum Gasteiger partial charge on any atom is -0.494 e. The molecule has 0 spiro atoms. The standard InChI is InChI=1S/C15H19OSi.2ClH.Ti/c1-4-16-14-11-7-8-12-15(14)17(2,3)13-9-5-6-10-13;;;/h5,7-9,11-12H,4,6H2,1-3H3;2*1H;/q-1;;;. The Morgan fingerprint density at radius 2 is 1.85 bits per heavy atom. The summed E-state index contributed by atoms with van der Waals surface area (Å²) in [5, 5.41) is 2.76. The Morgan fingerprint density at radius 3 is 2.40 bits per heavy atom. The largest absolute Gasteiger partial charge is 0.494 e. The zero-order valence-electron chi connectivity index (χ0n) is 12.1. The zero-order valence-corrected chi connectivity index (χ0v) is 16.3. The molecule has 110 valence electrons. The molecule has 0 N–H and O–H groups in total. The van der Waals surface area contributed by atoms with E-state index in [9.17, 15) is 0 Å². The summed E-state index contributed by atoms with van der Waals surface area (Å²) in [6.45, 7) is 7.48. The van der Waals surface area contributed by atoms with Crippen molar-refractivity contribution in [2.45, 2.75) is 26.4 Å². The zero-order chi connectivity index (χ0) is 12.3. The van der Waals surface area contributed by atoms with Crippen LogP contribution in [0.4, 0.5) is 0 Å². The molecule has 1 aliphatic carbocycles. The van der Waals surface area contributed by atoms with Crippen LogP contribution in [0.2, 0.25) is 13.1 Å². The molecule has 0 saturated heterocycles. The fourth-order valence-corrected chi connectivity index (χ4v) is 4.90. The number of hydrogen-bond acceptors (Lipinski definition) is 1. The van der Waals surface area contributed by atoms with Gasteiger partial charge in [0.05, 0.1) is 14.7 Å². The Morgan fingerprint density at radius 1 is 1.20 bits per heavy atom. The average Bonchev–Trinajstić information content (AvgIpc) is 2.84. The van der Waals surface area contributed by atoms with Gasteiger partial charge in [-0.15, -0.1) is 31.2 Å². The van der Waals surface area contributed by atoms with Crippen LogP contribution in [-0.2, 0) is 21.7 Å². The summed E-state index contributed by atoms with van der Waals surface area (Å²) in [6.07, 6.45) is 8.86. The van der Waals surface area contributed by atoms with Gasteiger partial charge in [0.1, 0.15) is 5.75 Å². The van der Waals surface area contributed by atoms with E-state index in [1.165, 1.54) is 10.4 Å². The first kappa shape index (κ1) is 22.3. The second kappa shape index (κ2) is 9.86. The van der Waals surface area contributed by atoms with Crippen LogP contribution in [0.3, 0.4) is 0 Å². The Labute approximate surface area is 150 Å². The smallest absolute Gasteiger partial charge is 0.118 e. The van der Waals surface area contributed by atoms with Crippen molar-refractivity contribution in [3.05, 3.63) is 47.7 Å². The molecule has 0 saturated carbocycles. The van der Waals surface area contributed by atoms with E-state index in [1.54, 1.807) is 0 Å². The number of benzene rings is 1. The van der Waals surface area contributed by atoms with Crippen molar-refractivity contribution in [2.75, 3.05) is 6.61 Å². The van der Waals surface area contributed by atoms with Crippen molar-refractivity contribution in [3.8, 4) is 5.75 Å². The summed E-state index contributed by atoms with van der Waals surface area (Å²) in [5.41, 5.74) is 0. The number of halogens is 2. The molecule has 0 heterocycles. The van der Waals surface area contributed by atoms with Crippen LogP contribution in [0.25, 0.3) is 0 Å². The summed E-state index contributed by atoms with van der Waals surface area (Å²) in [6, 6.07) is 8.43. The van der Waals surface area contributed by atoms with Crippen LogP contribution < -0.4 is 9.92 Å². The van der Waals surface area contributed by atoms with E-state index in [2.05, 4.69) is 49.5 Å². The first-order valence-electron chi connectivity index (χ1n) is 6.16. The third-order valence-electron chi connectivity index (χ3n) is 3.23. The van der Waals surface area contributed by atoms with Gasteiger partial charge in [0.2, 0.25) is 0 Å². The van der Waals surface area contributed by atoms with E-state index in [0.717, 1.165) is 18.8 Å². The minimum absolute atomic E-state index is 0. The molecule has 0 bridgehead atoms. The van der Waals surface area contributed by atoms with Crippen LogP contribution in [-0.4, -0.2) is 14.7 Å². The molecule has 5 heteroatoms. The van der Waals surface area contributed by atoms with Crippen molar-refractivity contribution in [2.24, 2.45) is 0 Å². The van der Waals surface area contributed by atoms with Crippen LogP contribution in [0.1, 0.15) is 13.3 Å². The second-order valence-corrected chi connectivity index (χ2v) is 9.08. The number of rotatable bonds is 4. The maximum absolute atomic E-state index is 5.75. The SMILES string of the molecule is CCOc1ccccc1[Si](C)(C)C1=[C-]CC=C1.Cl.Cl.[Ti]. The van der Waals surface area contributed by atoms with E-state index >= 15 is 0 Å². The number of para-hydroxylation sites is 1. The molecule has 0 unspecified atom stereocenters. The van der Waals surface area contributed by atoms with Crippen molar-refractivity contribution in [1.29, 1.82) is 0 Å². The fourth-order valence-electron chi connectivity index (χ4n) is 2.24. The maximum atomic E-state index is 5.75. The molecule has 1 aliphatic rings. The number of hydrogen-bond donors (Lipinski definition) is 0. The summed E-state index contributed by atoms with van der Waals surface area (Å²) >= 11 is 0. The Bertz CT molecular complexity index is 473. The Kier molecular flexibility index (Phi) is 11.0. The minimum atomic E-state index is -1.63. The third-order valence-corrected chi connectivity index (χ3v) is 6.68. The fraction of sp³-hybridized carbons (Fsp3) is 0.333. The van der Waals surface area contributed by atoms with Crippen molar-refractivity contribution >= 4 is 38.1 Å². The van der Waals surface area contributed by atoms with Gasteiger partial charge in [-0.2, -0.15) is 6.08 Å². The van der Waals surface area contributed by atoms with Gasteiger partial charge in [0.25, 0.3) is 0 Å². The molecular formula is C15H21Cl2OSiTi-. The molecule has 2 rings (SSSR count). The maximum Gasteiger partial charge on any atom is 0.118 e. The first-order valence-corrected chi connectivity index (χ1v) is 9.16. The van der Waals surface area contributed by atoms with Crippen LogP contribution >= 0.6 is 24.8 Å². The predicted octanol–water partition coefficient (Wildman–Crippen LogP) is 4.07. The van der Waals surface area contributed by atoms with Gasteiger partial charge in [-0.25, -0.2) is 11.3 Å². The first-order chi connectivity index (χ1) is 8.16. The summed E-state index contributed by atoms with van der Waals surface area (Å²) in [7, 11) is -1.63. The predicted molar refractivity (Wildman–Crippen MR) is 89.7 cm³/mol. The second-order valence-electron chi connectivity index (χ2n) is 4.75. The average molecular weight is 364 g/mol. The number of allylic oxidation sites excluding steroid dienone is 4.